The summed E-state index contributed by atoms with van der Waals surface area (Å²) < 4.78 is 15.9. The lowest BCUT2D eigenvalue weighted by Crippen LogP contribution is -2.38. The number of hydrogen-bond donors (Lipinski definition) is 2. The molecule has 0 saturated carbocycles. The zero-order valence-electron chi connectivity index (χ0n) is 16.5. The average molecular weight is 415 g/mol. The van der Waals surface area contributed by atoms with E-state index in [9.17, 15) is 19.7 Å². The molecule has 0 aliphatic carbocycles. The number of carbonyl (C=O) groups excluding carboxylic acids is 2. The maximum absolute atomic E-state index is 12.3. The predicted molar refractivity (Wildman–Crippen MR) is 106 cm³/mol. The van der Waals surface area contributed by atoms with Gasteiger partial charge in [0.1, 0.15) is 13.2 Å². The van der Waals surface area contributed by atoms with Crippen LogP contribution in [-0.4, -0.2) is 43.6 Å². The summed E-state index contributed by atoms with van der Waals surface area (Å²) >= 11 is 0. The fraction of sp³-hybridized carbons (Fsp3) is 0.300. The van der Waals surface area contributed by atoms with Crippen LogP contribution >= 0.6 is 0 Å². The molecule has 1 aliphatic heterocycles. The number of ether oxygens (including phenoxy) is 3. The first-order chi connectivity index (χ1) is 14.4. The molecule has 0 aromatic heterocycles. The summed E-state index contributed by atoms with van der Waals surface area (Å²) in [5, 5.41) is 16.3. The Bertz CT molecular complexity index is 977. The van der Waals surface area contributed by atoms with Crippen LogP contribution in [0.25, 0.3) is 0 Å². The van der Waals surface area contributed by atoms with E-state index in [1.807, 2.05) is 6.07 Å². The third-order valence-corrected chi connectivity index (χ3v) is 4.49. The topological polar surface area (TPSA) is 129 Å². The molecule has 30 heavy (non-hydrogen) atoms. The molecule has 3 rings (SSSR count). The van der Waals surface area contributed by atoms with E-state index < -0.39 is 16.7 Å². The molecule has 2 N–H and O–H groups in total. The number of amides is 2. The Morgan fingerprint density at radius 3 is 2.60 bits per heavy atom. The van der Waals surface area contributed by atoms with E-state index in [0.717, 1.165) is 11.6 Å². The Morgan fingerprint density at radius 2 is 1.90 bits per heavy atom. The molecular formula is C20H21N3O7. The lowest BCUT2D eigenvalue weighted by atomic mass is 10.1. The zero-order chi connectivity index (χ0) is 21.7. The van der Waals surface area contributed by atoms with E-state index in [4.69, 9.17) is 14.2 Å². The minimum atomic E-state index is -0.642. The van der Waals surface area contributed by atoms with E-state index in [1.54, 1.807) is 19.1 Å². The van der Waals surface area contributed by atoms with Gasteiger partial charge in [0.05, 0.1) is 24.6 Å². The maximum atomic E-state index is 12.3. The van der Waals surface area contributed by atoms with Crippen LogP contribution in [0.15, 0.2) is 36.4 Å². The van der Waals surface area contributed by atoms with Crippen molar-refractivity contribution in [1.29, 1.82) is 0 Å². The first-order valence-corrected chi connectivity index (χ1v) is 9.18. The highest BCUT2D eigenvalue weighted by Gasteiger charge is 2.19. The Hall–Kier alpha value is -3.82. The molecule has 158 valence electrons. The first-order valence-electron chi connectivity index (χ1n) is 9.18. The van der Waals surface area contributed by atoms with Gasteiger partial charge in [-0.25, -0.2) is 0 Å². The van der Waals surface area contributed by atoms with E-state index in [0.29, 0.717) is 24.7 Å². The maximum Gasteiger partial charge on any atom is 0.311 e. The standard InChI is InChI=1S/C20H21N3O7/c1-12(13-3-6-17-18(10-13)30-8-7-29-17)22-19(24)11-21-20(25)14-4-5-16(28-2)15(9-14)23(26)27/h3-6,9-10,12H,7-8,11H2,1-2H3,(H,21,25)(H,22,24)/t12-/m1/s1. The number of nitrogens with one attached hydrogen (secondary N) is 2. The smallest absolute Gasteiger partial charge is 0.311 e. The van der Waals surface area contributed by atoms with Gasteiger partial charge in [0, 0.05) is 11.6 Å². The number of nitrogens with zero attached hydrogens (tertiary/aromatic N) is 1. The number of nitro groups is 1. The van der Waals surface area contributed by atoms with Crippen LogP contribution in [0.1, 0.15) is 28.9 Å². The molecule has 0 radical (unpaired) electrons. The summed E-state index contributed by atoms with van der Waals surface area (Å²) in [7, 11) is 1.30. The average Bonchev–Trinajstić information content (AvgIpc) is 2.76. The predicted octanol–water partition coefficient (Wildman–Crippen LogP) is 1.98. The summed E-state index contributed by atoms with van der Waals surface area (Å²) in [5.41, 5.74) is 0.543. The van der Waals surface area contributed by atoms with Gasteiger partial charge in [-0.2, -0.15) is 0 Å². The number of methoxy groups -OCH3 is 1. The third-order valence-electron chi connectivity index (χ3n) is 4.49. The molecule has 2 aromatic rings. The summed E-state index contributed by atoms with van der Waals surface area (Å²) in [6, 6.07) is 8.90. The van der Waals surface area contributed by atoms with Crippen molar-refractivity contribution in [3.05, 3.63) is 57.6 Å². The highest BCUT2D eigenvalue weighted by atomic mass is 16.6. The van der Waals surface area contributed by atoms with Crippen LogP contribution in [0.5, 0.6) is 17.2 Å². The lowest BCUT2D eigenvalue weighted by molar-refractivity contribution is -0.385. The molecule has 10 heteroatoms. The van der Waals surface area contributed by atoms with Gasteiger partial charge in [-0.1, -0.05) is 6.07 Å². The Morgan fingerprint density at radius 1 is 1.17 bits per heavy atom. The van der Waals surface area contributed by atoms with Gasteiger partial charge in [0.2, 0.25) is 5.91 Å². The van der Waals surface area contributed by atoms with Crippen molar-refractivity contribution >= 4 is 17.5 Å². The summed E-state index contributed by atoms with van der Waals surface area (Å²) in [6.07, 6.45) is 0. The monoisotopic (exact) mass is 415 g/mol. The Kier molecular flexibility index (Phi) is 6.35. The molecule has 1 atom stereocenters. The van der Waals surface area contributed by atoms with Crippen LogP contribution in [0.3, 0.4) is 0 Å². The van der Waals surface area contributed by atoms with Crippen LogP contribution in [-0.2, 0) is 4.79 Å². The van der Waals surface area contributed by atoms with Crippen LogP contribution in [0.2, 0.25) is 0 Å². The summed E-state index contributed by atoms with van der Waals surface area (Å²) in [5.74, 6) is 0.304. The van der Waals surface area contributed by atoms with Gasteiger partial charge in [0.15, 0.2) is 17.2 Å². The number of nitro benzene ring substituents is 1. The molecule has 10 nitrogen and oxygen atoms in total. The molecule has 2 aromatic carbocycles. The third kappa shape index (κ3) is 4.77. The van der Waals surface area contributed by atoms with E-state index >= 15 is 0 Å². The highest BCUT2D eigenvalue weighted by Crippen LogP contribution is 2.32. The van der Waals surface area contributed by atoms with Gasteiger partial charge >= 0.3 is 5.69 Å². The van der Waals surface area contributed by atoms with Crippen molar-refractivity contribution in [2.75, 3.05) is 26.9 Å². The van der Waals surface area contributed by atoms with Crippen LogP contribution < -0.4 is 24.8 Å². The molecule has 1 heterocycles. The van der Waals surface area contributed by atoms with Gasteiger partial charge in [-0.05, 0) is 36.8 Å². The largest absolute Gasteiger partial charge is 0.490 e. The molecule has 0 unspecified atom stereocenters. The molecule has 2 amide bonds. The SMILES string of the molecule is COc1ccc(C(=O)NCC(=O)N[C@H](C)c2ccc3c(c2)OCCO3)cc1[N+](=O)[O-]. The molecular weight excluding hydrogens is 394 g/mol. The van der Waals surface area contributed by atoms with E-state index in [2.05, 4.69) is 10.6 Å². The van der Waals surface area contributed by atoms with Gasteiger partial charge in [-0.15, -0.1) is 0 Å². The number of fused-ring (bicyclic) bond motifs is 1. The van der Waals surface area contributed by atoms with Crippen LogP contribution in [0.4, 0.5) is 5.69 Å². The highest BCUT2D eigenvalue weighted by molar-refractivity contribution is 5.97. The van der Waals surface area contributed by atoms with E-state index in [-0.39, 0.29) is 29.6 Å². The molecule has 0 spiro atoms. The summed E-state index contributed by atoms with van der Waals surface area (Å²) in [4.78, 5) is 34.9. The number of rotatable bonds is 7. The van der Waals surface area contributed by atoms with Crippen molar-refractivity contribution < 1.29 is 28.7 Å². The van der Waals surface area contributed by atoms with E-state index in [1.165, 1.54) is 19.2 Å². The fourth-order valence-electron chi connectivity index (χ4n) is 2.94. The Balaban J connectivity index is 1.57. The van der Waals surface area contributed by atoms with Gasteiger partial charge < -0.3 is 24.8 Å². The van der Waals surface area contributed by atoms with Crippen molar-refractivity contribution in [2.24, 2.45) is 0 Å². The minimum absolute atomic E-state index is 0.0440. The van der Waals surface area contributed by atoms with Crippen molar-refractivity contribution in [2.45, 2.75) is 13.0 Å². The van der Waals surface area contributed by atoms with Crippen molar-refractivity contribution in [1.82, 2.24) is 10.6 Å². The van der Waals surface area contributed by atoms with Crippen molar-refractivity contribution in [3.63, 3.8) is 0 Å². The fourth-order valence-corrected chi connectivity index (χ4v) is 2.94. The molecule has 0 saturated heterocycles. The number of hydrogen-bond acceptors (Lipinski definition) is 7. The van der Waals surface area contributed by atoms with Crippen LogP contribution in [0, 0.1) is 10.1 Å². The summed E-state index contributed by atoms with van der Waals surface area (Å²) in [6.45, 7) is 2.48. The Labute approximate surface area is 172 Å². The zero-order valence-corrected chi connectivity index (χ0v) is 16.5. The molecule has 0 bridgehead atoms. The van der Waals surface area contributed by atoms with Crippen molar-refractivity contribution in [3.8, 4) is 17.2 Å². The quantitative estimate of drug-likeness (QED) is 0.522. The molecule has 1 aliphatic rings. The normalized spacial score (nSPS) is 13.1. The molecule has 0 fully saturated rings. The van der Waals surface area contributed by atoms with Gasteiger partial charge in [0.25, 0.3) is 5.91 Å². The number of carbonyl (C=O) groups is 2. The van der Waals surface area contributed by atoms with Gasteiger partial charge in [-0.3, -0.25) is 19.7 Å². The second-order valence-corrected chi connectivity index (χ2v) is 6.52. The second kappa shape index (κ2) is 9.12. The minimum Gasteiger partial charge on any atom is -0.490 e. The second-order valence-electron chi connectivity index (χ2n) is 6.52. The number of benzene rings is 2. The first kappa shape index (κ1) is 20.9. The lowest BCUT2D eigenvalue weighted by Gasteiger charge is -2.21.